The highest BCUT2D eigenvalue weighted by Crippen LogP contribution is 2.24. The molecule has 0 spiro atoms. The van der Waals surface area contributed by atoms with Gasteiger partial charge in [0, 0.05) is 11.8 Å². The summed E-state index contributed by atoms with van der Waals surface area (Å²) in [5.74, 6) is -0.0225. The number of aliphatic hydroxyl groups excluding tert-OH is 2. The lowest BCUT2D eigenvalue weighted by atomic mass is 10.1. The molecule has 0 amide bonds. The number of nitrogen functional groups attached to an aromatic ring is 1. The van der Waals surface area contributed by atoms with Crippen molar-refractivity contribution in [3.8, 4) is 6.07 Å². The Kier molecular flexibility index (Phi) is 3.80. The minimum Gasteiger partial charge on any atom is -0.389 e. The van der Waals surface area contributed by atoms with Gasteiger partial charge in [0.05, 0.1) is 18.6 Å². The Morgan fingerprint density at radius 3 is 2.80 bits per heavy atom. The van der Waals surface area contributed by atoms with Gasteiger partial charge in [-0.2, -0.15) is 5.26 Å². The second-order valence-corrected chi connectivity index (χ2v) is 3.21. The molecule has 2 unspecified atom stereocenters. The van der Waals surface area contributed by atoms with E-state index in [2.05, 4.69) is 9.97 Å². The Labute approximate surface area is 91.0 Å². The van der Waals surface area contributed by atoms with E-state index < -0.39 is 12.2 Å². The zero-order valence-corrected chi connectivity index (χ0v) is 8.39. The SMILES string of the molecule is N#CCC(O)C(O)c1cnc(N)nc1Cl. The summed E-state index contributed by atoms with van der Waals surface area (Å²) < 4.78 is 0. The number of nitrogens with two attached hydrogens (primary N) is 1. The summed E-state index contributed by atoms with van der Waals surface area (Å²) in [6.07, 6.45) is -1.50. The highest BCUT2D eigenvalue weighted by Gasteiger charge is 2.21. The number of aromatic nitrogens is 2. The zero-order valence-electron chi connectivity index (χ0n) is 7.63. The second-order valence-electron chi connectivity index (χ2n) is 2.85. The molecule has 1 aromatic rings. The molecule has 4 N–H and O–H groups in total. The number of rotatable bonds is 3. The number of aliphatic hydroxyl groups is 2. The van der Waals surface area contributed by atoms with E-state index in [1.807, 2.05) is 0 Å². The molecular formula is C8H9ClN4O2. The van der Waals surface area contributed by atoms with Gasteiger partial charge in [-0.25, -0.2) is 9.97 Å². The van der Waals surface area contributed by atoms with Crippen LogP contribution in [0.2, 0.25) is 5.15 Å². The minimum atomic E-state index is -1.29. The van der Waals surface area contributed by atoms with Crippen molar-refractivity contribution in [1.82, 2.24) is 9.97 Å². The maximum atomic E-state index is 9.59. The van der Waals surface area contributed by atoms with E-state index in [1.54, 1.807) is 6.07 Å². The van der Waals surface area contributed by atoms with Crippen LogP contribution in [0.25, 0.3) is 0 Å². The van der Waals surface area contributed by atoms with Crippen molar-refractivity contribution >= 4 is 17.5 Å². The van der Waals surface area contributed by atoms with Crippen LogP contribution in [0.1, 0.15) is 18.1 Å². The largest absolute Gasteiger partial charge is 0.389 e. The molecule has 0 aliphatic heterocycles. The number of halogens is 1. The molecule has 0 bridgehead atoms. The topological polar surface area (TPSA) is 116 Å². The molecule has 2 atom stereocenters. The minimum absolute atomic E-state index is 0.0225. The lowest BCUT2D eigenvalue weighted by Gasteiger charge is -2.15. The molecule has 0 aromatic carbocycles. The van der Waals surface area contributed by atoms with Crippen LogP contribution in [0.15, 0.2) is 6.20 Å². The average molecular weight is 229 g/mol. The van der Waals surface area contributed by atoms with Crippen molar-refractivity contribution in [2.24, 2.45) is 0 Å². The first-order valence-electron chi connectivity index (χ1n) is 4.07. The summed E-state index contributed by atoms with van der Waals surface area (Å²) in [6, 6.07) is 1.73. The van der Waals surface area contributed by atoms with Gasteiger partial charge in [-0.15, -0.1) is 0 Å². The van der Waals surface area contributed by atoms with E-state index in [0.717, 1.165) is 0 Å². The van der Waals surface area contributed by atoms with Crippen LogP contribution in [0.5, 0.6) is 0 Å². The Bertz CT molecular complexity index is 393. The number of nitrogens with zero attached hydrogens (tertiary/aromatic N) is 3. The molecule has 1 heterocycles. The molecule has 1 aromatic heterocycles. The van der Waals surface area contributed by atoms with Crippen molar-refractivity contribution in [2.45, 2.75) is 18.6 Å². The second kappa shape index (κ2) is 4.89. The summed E-state index contributed by atoms with van der Waals surface area (Å²) >= 11 is 5.68. The summed E-state index contributed by atoms with van der Waals surface area (Å²) in [6.45, 7) is 0. The van der Waals surface area contributed by atoms with Crippen molar-refractivity contribution < 1.29 is 10.2 Å². The lowest BCUT2D eigenvalue weighted by molar-refractivity contribution is 0.0213. The van der Waals surface area contributed by atoms with Crippen molar-refractivity contribution in [1.29, 1.82) is 5.26 Å². The van der Waals surface area contributed by atoms with E-state index in [9.17, 15) is 10.2 Å². The molecule has 80 valence electrons. The van der Waals surface area contributed by atoms with Gasteiger partial charge in [-0.05, 0) is 0 Å². The molecule has 0 radical (unpaired) electrons. The maximum absolute atomic E-state index is 9.59. The van der Waals surface area contributed by atoms with Crippen molar-refractivity contribution in [2.75, 3.05) is 5.73 Å². The molecule has 7 heteroatoms. The smallest absolute Gasteiger partial charge is 0.221 e. The average Bonchev–Trinajstić information content (AvgIpc) is 2.17. The first kappa shape index (κ1) is 11.7. The lowest BCUT2D eigenvalue weighted by Crippen LogP contribution is -2.18. The van der Waals surface area contributed by atoms with Gasteiger partial charge < -0.3 is 15.9 Å². The predicted molar refractivity (Wildman–Crippen MR) is 52.7 cm³/mol. The highest BCUT2D eigenvalue weighted by molar-refractivity contribution is 6.30. The summed E-state index contributed by atoms with van der Waals surface area (Å²) in [4.78, 5) is 7.25. The Morgan fingerprint density at radius 2 is 2.27 bits per heavy atom. The van der Waals surface area contributed by atoms with Crippen molar-refractivity contribution in [3.05, 3.63) is 16.9 Å². The Balaban J connectivity index is 2.91. The fourth-order valence-corrected chi connectivity index (χ4v) is 1.24. The summed E-state index contributed by atoms with van der Waals surface area (Å²) in [5, 5.41) is 27.2. The first-order chi connectivity index (χ1) is 7.06. The monoisotopic (exact) mass is 228 g/mol. The van der Waals surface area contributed by atoms with Gasteiger partial charge in [0.25, 0.3) is 0 Å². The number of hydrogen-bond acceptors (Lipinski definition) is 6. The van der Waals surface area contributed by atoms with Gasteiger partial charge in [-0.1, -0.05) is 11.6 Å². The Morgan fingerprint density at radius 1 is 1.60 bits per heavy atom. The van der Waals surface area contributed by atoms with Crippen LogP contribution in [0, 0.1) is 11.3 Å². The molecule has 0 fully saturated rings. The molecule has 15 heavy (non-hydrogen) atoms. The summed E-state index contributed by atoms with van der Waals surface area (Å²) in [7, 11) is 0. The van der Waals surface area contributed by atoms with Crippen LogP contribution in [-0.2, 0) is 0 Å². The van der Waals surface area contributed by atoms with Gasteiger partial charge in [-0.3, -0.25) is 0 Å². The quantitative estimate of drug-likeness (QED) is 0.628. The third-order valence-corrected chi connectivity index (χ3v) is 2.07. The highest BCUT2D eigenvalue weighted by atomic mass is 35.5. The maximum Gasteiger partial charge on any atom is 0.221 e. The molecule has 0 aliphatic carbocycles. The van der Waals surface area contributed by atoms with Gasteiger partial charge in [0.1, 0.15) is 11.3 Å². The van der Waals surface area contributed by atoms with E-state index in [-0.39, 0.29) is 23.1 Å². The van der Waals surface area contributed by atoms with Crippen LogP contribution in [-0.4, -0.2) is 26.3 Å². The summed E-state index contributed by atoms with van der Waals surface area (Å²) in [5.41, 5.74) is 5.41. The number of anilines is 1. The zero-order chi connectivity index (χ0) is 11.4. The van der Waals surface area contributed by atoms with Gasteiger partial charge in [0.15, 0.2) is 0 Å². The Hall–Kier alpha value is -1.42. The molecule has 0 saturated heterocycles. The molecule has 0 aliphatic rings. The van der Waals surface area contributed by atoms with Gasteiger partial charge >= 0.3 is 0 Å². The molecule has 6 nitrogen and oxygen atoms in total. The van der Waals surface area contributed by atoms with E-state index >= 15 is 0 Å². The first-order valence-corrected chi connectivity index (χ1v) is 4.45. The van der Waals surface area contributed by atoms with Crippen LogP contribution in [0.3, 0.4) is 0 Å². The number of nitriles is 1. The van der Waals surface area contributed by atoms with E-state index in [1.165, 1.54) is 6.20 Å². The third kappa shape index (κ3) is 2.76. The van der Waals surface area contributed by atoms with Crippen LogP contribution >= 0.6 is 11.6 Å². The van der Waals surface area contributed by atoms with Crippen LogP contribution in [0.4, 0.5) is 5.95 Å². The fraction of sp³-hybridized carbons (Fsp3) is 0.375. The van der Waals surface area contributed by atoms with E-state index in [0.29, 0.717) is 0 Å². The van der Waals surface area contributed by atoms with Crippen LogP contribution < -0.4 is 5.73 Å². The molecule has 1 rings (SSSR count). The standard InChI is InChI=1S/C8H9ClN4O2/c9-7-4(3-12-8(11)13-7)6(15)5(14)1-2-10/h3,5-6,14-15H,1H2,(H2,11,12,13). The predicted octanol–water partition coefficient (Wildman–Crippen LogP) is 0.0202. The van der Waals surface area contributed by atoms with E-state index in [4.69, 9.17) is 22.6 Å². The molecule has 0 saturated carbocycles. The number of hydrogen-bond donors (Lipinski definition) is 3. The molecular weight excluding hydrogens is 220 g/mol. The fourth-order valence-electron chi connectivity index (χ4n) is 0.994. The third-order valence-electron chi connectivity index (χ3n) is 1.77. The van der Waals surface area contributed by atoms with Crippen molar-refractivity contribution in [3.63, 3.8) is 0 Å². The normalized spacial score (nSPS) is 14.3. The van der Waals surface area contributed by atoms with Gasteiger partial charge in [0.2, 0.25) is 5.95 Å².